The lowest BCUT2D eigenvalue weighted by atomic mass is 10.1. The Labute approximate surface area is 153 Å². The zero-order valence-corrected chi connectivity index (χ0v) is 14.7. The molecule has 0 aliphatic rings. The number of carbonyl (C=O) groups is 1. The first-order valence-electron chi connectivity index (χ1n) is 7.79. The van der Waals surface area contributed by atoms with Crippen molar-refractivity contribution in [3.8, 4) is 6.07 Å². The SMILES string of the molecule is C=C/C=C(\C=C)NC(=NC(=C)c1ccc(C(=O)NCC#N)cc1)/N=C\C. The molecule has 2 N–H and O–H groups in total. The fourth-order valence-electron chi connectivity index (χ4n) is 1.86. The molecule has 0 aromatic heterocycles. The maximum atomic E-state index is 11.8. The highest BCUT2D eigenvalue weighted by molar-refractivity contribution is 5.95. The van der Waals surface area contributed by atoms with Gasteiger partial charge in [-0.2, -0.15) is 5.26 Å². The summed E-state index contributed by atoms with van der Waals surface area (Å²) in [5, 5.41) is 14.0. The number of carbonyl (C=O) groups excluding carboxylic acids is 1. The predicted octanol–water partition coefficient (Wildman–Crippen LogP) is 3.20. The smallest absolute Gasteiger partial charge is 0.252 e. The van der Waals surface area contributed by atoms with E-state index in [1.807, 2.05) is 6.07 Å². The molecule has 0 heterocycles. The minimum Gasteiger partial charge on any atom is -0.339 e. The lowest BCUT2D eigenvalue weighted by Gasteiger charge is -2.08. The third-order valence-corrected chi connectivity index (χ3v) is 3.07. The highest BCUT2D eigenvalue weighted by Gasteiger charge is 2.06. The van der Waals surface area contributed by atoms with Crippen molar-refractivity contribution < 1.29 is 4.79 Å². The van der Waals surface area contributed by atoms with Gasteiger partial charge in [-0.05, 0) is 36.8 Å². The van der Waals surface area contributed by atoms with Gasteiger partial charge in [-0.1, -0.05) is 37.9 Å². The number of benzene rings is 1. The van der Waals surface area contributed by atoms with Gasteiger partial charge in [0.25, 0.3) is 5.91 Å². The van der Waals surface area contributed by atoms with Gasteiger partial charge >= 0.3 is 0 Å². The van der Waals surface area contributed by atoms with E-state index >= 15 is 0 Å². The zero-order chi connectivity index (χ0) is 19.4. The molecule has 0 saturated carbocycles. The number of amides is 1. The van der Waals surface area contributed by atoms with Crippen LogP contribution in [0.25, 0.3) is 5.70 Å². The van der Waals surface area contributed by atoms with Gasteiger partial charge < -0.3 is 10.6 Å². The molecule has 1 rings (SSSR count). The lowest BCUT2D eigenvalue weighted by Crippen LogP contribution is -2.23. The van der Waals surface area contributed by atoms with Gasteiger partial charge in [0.15, 0.2) is 0 Å². The molecule has 0 unspecified atom stereocenters. The molecular formula is C20H21N5O. The lowest BCUT2D eigenvalue weighted by molar-refractivity contribution is 0.0958. The molecule has 1 aromatic carbocycles. The molecule has 132 valence electrons. The molecule has 0 spiro atoms. The van der Waals surface area contributed by atoms with Crippen molar-refractivity contribution in [2.45, 2.75) is 6.92 Å². The van der Waals surface area contributed by atoms with Crippen molar-refractivity contribution in [3.05, 3.63) is 79.1 Å². The van der Waals surface area contributed by atoms with Gasteiger partial charge in [0.05, 0.1) is 11.8 Å². The Morgan fingerprint density at radius 2 is 1.92 bits per heavy atom. The van der Waals surface area contributed by atoms with Gasteiger partial charge in [0.2, 0.25) is 5.96 Å². The summed E-state index contributed by atoms with van der Waals surface area (Å²) in [5.74, 6) is 0.0386. The molecular weight excluding hydrogens is 326 g/mol. The third-order valence-electron chi connectivity index (χ3n) is 3.07. The molecule has 6 heteroatoms. The van der Waals surface area contributed by atoms with Crippen LogP contribution in [0.4, 0.5) is 0 Å². The van der Waals surface area contributed by atoms with Crippen LogP contribution in [0.2, 0.25) is 0 Å². The topological polar surface area (TPSA) is 89.6 Å². The van der Waals surface area contributed by atoms with E-state index in [0.29, 0.717) is 22.9 Å². The standard InChI is InChI=1S/C20H21N5O/c1-5-8-18(6-2)25-20(22-7-3)24-15(4)16-9-11-17(12-10-16)19(26)23-14-13-21/h5-12H,1-2,4,14H2,3H3,(H,23,26)(H,24,25)/b18-8+,22-7-. The second-order valence-electron chi connectivity index (χ2n) is 4.87. The molecule has 0 bridgehead atoms. The Morgan fingerprint density at radius 3 is 2.46 bits per heavy atom. The van der Waals surface area contributed by atoms with Gasteiger partial charge in [0.1, 0.15) is 6.54 Å². The minimum absolute atomic E-state index is 0.0362. The van der Waals surface area contributed by atoms with E-state index in [2.05, 4.69) is 40.4 Å². The maximum Gasteiger partial charge on any atom is 0.252 e. The van der Waals surface area contributed by atoms with E-state index in [1.165, 1.54) is 0 Å². The van der Waals surface area contributed by atoms with Gasteiger partial charge in [-0.3, -0.25) is 4.79 Å². The Morgan fingerprint density at radius 1 is 1.27 bits per heavy atom. The number of aliphatic imine (C=N–C) groups is 2. The van der Waals surface area contributed by atoms with Crippen molar-refractivity contribution in [1.82, 2.24) is 10.6 Å². The molecule has 0 aliphatic carbocycles. The van der Waals surface area contributed by atoms with E-state index < -0.39 is 0 Å². The molecule has 6 nitrogen and oxygen atoms in total. The first kappa shape index (κ1) is 20.3. The monoisotopic (exact) mass is 347 g/mol. The summed E-state index contributed by atoms with van der Waals surface area (Å²) in [6, 6.07) is 8.61. The Hall–Kier alpha value is -3.72. The molecule has 1 amide bonds. The van der Waals surface area contributed by atoms with Crippen molar-refractivity contribution >= 4 is 23.8 Å². The number of hydrogen-bond donors (Lipinski definition) is 2. The van der Waals surface area contributed by atoms with Crippen molar-refractivity contribution in [3.63, 3.8) is 0 Å². The number of nitrogens with one attached hydrogen (secondary N) is 2. The van der Waals surface area contributed by atoms with Crippen LogP contribution in [0.3, 0.4) is 0 Å². The van der Waals surface area contributed by atoms with Crippen molar-refractivity contribution in [2.24, 2.45) is 9.98 Å². The number of nitrogens with zero attached hydrogens (tertiary/aromatic N) is 3. The summed E-state index contributed by atoms with van der Waals surface area (Å²) in [4.78, 5) is 20.4. The number of allylic oxidation sites excluding steroid dienone is 3. The van der Waals surface area contributed by atoms with Crippen LogP contribution in [0.1, 0.15) is 22.8 Å². The maximum absolute atomic E-state index is 11.8. The molecule has 0 fully saturated rings. The highest BCUT2D eigenvalue weighted by Crippen LogP contribution is 2.15. The molecule has 0 aliphatic heterocycles. The number of rotatable bonds is 7. The fraction of sp³-hybridized carbons (Fsp3) is 0.100. The highest BCUT2D eigenvalue weighted by atomic mass is 16.1. The molecule has 0 radical (unpaired) electrons. The van der Waals surface area contributed by atoms with E-state index in [-0.39, 0.29) is 12.5 Å². The van der Waals surface area contributed by atoms with E-state index in [1.54, 1.807) is 55.6 Å². The summed E-state index contributed by atoms with van der Waals surface area (Å²) in [6.45, 7) is 13.0. The van der Waals surface area contributed by atoms with Crippen molar-refractivity contribution in [1.29, 1.82) is 5.26 Å². The second kappa shape index (κ2) is 10.9. The van der Waals surface area contributed by atoms with E-state index in [4.69, 9.17) is 5.26 Å². The Kier molecular flexibility index (Phi) is 8.55. The number of hydrogen-bond acceptors (Lipinski definition) is 3. The first-order chi connectivity index (χ1) is 12.5. The Balaban J connectivity index is 2.98. The fourth-order valence-corrected chi connectivity index (χ4v) is 1.86. The molecule has 26 heavy (non-hydrogen) atoms. The average Bonchev–Trinajstić information content (AvgIpc) is 2.65. The van der Waals surface area contributed by atoms with Crippen LogP contribution in [0, 0.1) is 11.3 Å². The molecule has 1 aromatic rings. The summed E-state index contributed by atoms with van der Waals surface area (Å²) >= 11 is 0. The van der Waals surface area contributed by atoms with Crippen LogP contribution in [-0.4, -0.2) is 24.6 Å². The summed E-state index contributed by atoms with van der Waals surface area (Å²) in [7, 11) is 0. The zero-order valence-electron chi connectivity index (χ0n) is 14.7. The summed E-state index contributed by atoms with van der Waals surface area (Å²) in [6.07, 6.45) is 6.60. The number of guanidine groups is 1. The normalized spacial score (nSPS) is 11.5. The average molecular weight is 347 g/mol. The van der Waals surface area contributed by atoms with Crippen LogP contribution in [-0.2, 0) is 0 Å². The first-order valence-corrected chi connectivity index (χ1v) is 7.79. The largest absolute Gasteiger partial charge is 0.339 e. The quantitative estimate of drug-likeness (QED) is 0.343. The van der Waals surface area contributed by atoms with E-state index in [0.717, 1.165) is 5.56 Å². The van der Waals surface area contributed by atoms with E-state index in [9.17, 15) is 4.79 Å². The van der Waals surface area contributed by atoms with Gasteiger partial charge in [-0.15, -0.1) is 0 Å². The molecule has 0 atom stereocenters. The second-order valence-corrected chi connectivity index (χ2v) is 4.87. The van der Waals surface area contributed by atoms with Crippen LogP contribution in [0.5, 0.6) is 0 Å². The van der Waals surface area contributed by atoms with Crippen molar-refractivity contribution in [2.75, 3.05) is 6.54 Å². The number of nitriles is 1. The summed E-state index contributed by atoms with van der Waals surface area (Å²) < 4.78 is 0. The van der Waals surface area contributed by atoms with Gasteiger partial charge in [0, 0.05) is 17.5 Å². The Bertz CT molecular complexity index is 808. The van der Waals surface area contributed by atoms with Crippen LogP contribution < -0.4 is 10.6 Å². The predicted molar refractivity (Wildman–Crippen MR) is 107 cm³/mol. The molecule has 0 saturated heterocycles. The van der Waals surface area contributed by atoms with Crippen LogP contribution >= 0.6 is 0 Å². The van der Waals surface area contributed by atoms with Crippen LogP contribution in [0.15, 0.2) is 77.9 Å². The third kappa shape index (κ3) is 6.42. The van der Waals surface area contributed by atoms with Gasteiger partial charge in [-0.25, -0.2) is 9.98 Å². The minimum atomic E-state index is -0.310. The summed E-state index contributed by atoms with van der Waals surface area (Å²) in [5.41, 5.74) is 2.36.